The number of benzene rings is 2. The van der Waals surface area contributed by atoms with Crippen LogP contribution in [0.4, 0.5) is 10.1 Å². The molecule has 2 aromatic carbocycles. The van der Waals surface area contributed by atoms with Crippen molar-refractivity contribution >= 4 is 28.7 Å². The quantitative estimate of drug-likeness (QED) is 0.517. The minimum Gasteiger partial charge on any atom is -0.482 e. The van der Waals surface area contributed by atoms with Crippen molar-refractivity contribution in [2.24, 2.45) is 0 Å². The molecule has 7 nitrogen and oxygen atoms in total. The number of hydrogen-bond acceptors (Lipinski definition) is 6. The maximum absolute atomic E-state index is 13.6. The molecule has 3 aliphatic heterocycles. The van der Waals surface area contributed by atoms with E-state index in [9.17, 15) is 19.1 Å². The van der Waals surface area contributed by atoms with Crippen LogP contribution in [0, 0.1) is 5.82 Å². The first-order valence-corrected chi connectivity index (χ1v) is 11.5. The third kappa shape index (κ3) is 4.24. The molecule has 3 heterocycles. The average molecular weight is 479 g/mol. The Morgan fingerprint density at radius 3 is 2.71 bits per heavy atom. The Hall–Kier alpha value is -3.49. The van der Waals surface area contributed by atoms with Gasteiger partial charge in [-0.2, -0.15) is 0 Å². The predicted octanol–water partition coefficient (Wildman–Crippen LogP) is 3.49. The molecule has 0 aromatic heterocycles. The fourth-order valence-electron chi connectivity index (χ4n) is 5.07. The molecule has 2 atom stereocenters. The van der Waals surface area contributed by atoms with Crippen molar-refractivity contribution in [2.75, 3.05) is 19.0 Å². The molecule has 35 heavy (non-hydrogen) atoms. The van der Waals surface area contributed by atoms with Crippen LogP contribution in [0.1, 0.15) is 37.0 Å². The van der Waals surface area contributed by atoms with Crippen LogP contribution in [-0.4, -0.2) is 53.3 Å². The molecule has 0 bridgehead atoms. The molecule has 2 unspecified atom stereocenters. The topological polar surface area (TPSA) is 88.1 Å². The number of hydrogen-bond donors (Lipinski definition) is 2. The molecule has 3 aliphatic rings. The maximum atomic E-state index is 13.6. The molecule has 0 aliphatic carbocycles. The van der Waals surface area contributed by atoms with Crippen LogP contribution in [0.5, 0.6) is 0 Å². The van der Waals surface area contributed by atoms with Crippen LogP contribution in [0.25, 0.3) is 11.1 Å². The minimum absolute atomic E-state index is 0.322. The van der Waals surface area contributed by atoms with Crippen LogP contribution in [0.3, 0.4) is 0 Å². The van der Waals surface area contributed by atoms with Crippen LogP contribution in [0.2, 0.25) is 0 Å². The van der Waals surface area contributed by atoms with E-state index in [1.807, 2.05) is 49.1 Å². The Morgan fingerprint density at radius 2 is 2.00 bits per heavy atom. The molecule has 0 saturated carbocycles. The Balaban J connectivity index is 1.41. The van der Waals surface area contributed by atoms with Gasteiger partial charge in [-0.25, -0.2) is 4.39 Å². The highest BCUT2D eigenvalue weighted by atomic mass is 19.1. The second-order valence-corrected chi connectivity index (χ2v) is 9.61. The van der Waals surface area contributed by atoms with Crippen molar-refractivity contribution < 1.29 is 28.6 Å². The van der Waals surface area contributed by atoms with E-state index in [1.165, 1.54) is 19.2 Å². The summed E-state index contributed by atoms with van der Waals surface area (Å²) in [5.74, 6) is -0.629. The van der Waals surface area contributed by atoms with E-state index in [1.54, 1.807) is 6.07 Å². The lowest BCUT2D eigenvalue weighted by molar-refractivity contribution is -0.146. The fourth-order valence-corrected chi connectivity index (χ4v) is 5.07. The van der Waals surface area contributed by atoms with Gasteiger partial charge in [0.2, 0.25) is 0 Å². The van der Waals surface area contributed by atoms with Gasteiger partial charge in [-0.3, -0.25) is 14.5 Å². The van der Waals surface area contributed by atoms with Gasteiger partial charge >= 0.3 is 5.97 Å². The van der Waals surface area contributed by atoms with Gasteiger partial charge in [0.05, 0.1) is 24.5 Å². The standard InChI is InChI=1S/C27H27FN2O5/c1-27(2)20(12-23(35-27)24-19-9-8-17(28)10-21(19)29-25(24)32)16-6-4-15(5-7-16)13-30-14-18(31)11-22(30)26(33)34-3/h4-10,12,18,22,31H,11,13-14H2,1-3H3,(H,29,32)/b24-23+. The summed E-state index contributed by atoms with van der Waals surface area (Å²) in [6.07, 6.45) is 1.68. The molecule has 1 fully saturated rings. The van der Waals surface area contributed by atoms with E-state index in [4.69, 9.17) is 9.47 Å². The lowest BCUT2D eigenvalue weighted by atomic mass is 9.91. The Labute approximate surface area is 202 Å². The highest BCUT2D eigenvalue weighted by molar-refractivity contribution is 6.32. The molecule has 1 amide bonds. The highest BCUT2D eigenvalue weighted by Crippen LogP contribution is 2.44. The first-order valence-electron chi connectivity index (χ1n) is 11.5. The normalized spacial score (nSPS) is 25.2. The van der Waals surface area contributed by atoms with E-state index in [-0.39, 0.29) is 11.9 Å². The lowest BCUT2D eigenvalue weighted by Gasteiger charge is -2.24. The van der Waals surface area contributed by atoms with Gasteiger partial charge in [0.1, 0.15) is 23.2 Å². The molecule has 8 heteroatoms. The zero-order valence-electron chi connectivity index (χ0n) is 19.8. The number of allylic oxidation sites excluding steroid dienone is 1. The number of β-amino-alcohol motifs (C(OH)–C–C–N with tert-alkyl or cyclic N) is 1. The summed E-state index contributed by atoms with van der Waals surface area (Å²) in [6, 6.07) is 11.7. The average Bonchev–Trinajstić information content (AvgIpc) is 3.44. The Kier molecular flexibility index (Phi) is 5.73. The number of anilines is 1. The van der Waals surface area contributed by atoms with Crippen LogP contribution < -0.4 is 5.32 Å². The molecule has 5 rings (SSSR count). The number of rotatable bonds is 4. The summed E-state index contributed by atoms with van der Waals surface area (Å²) in [5.41, 5.74) is 3.62. The third-order valence-electron chi connectivity index (χ3n) is 6.77. The molecule has 2 aromatic rings. The smallest absolute Gasteiger partial charge is 0.323 e. The maximum Gasteiger partial charge on any atom is 0.323 e. The second kappa shape index (κ2) is 8.62. The molecule has 0 radical (unpaired) electrons. The van der Waals surface area contributed by atoms with E-state index in [0.717, 1.165) is 16.7 Å². The van der Waals surface area contributed by atoms with Gasteiger partial charge in [-0.05, 0) is 49.2 Å². The van der Waals surface area contributed by atoms with Crippen LogP contribution in [-0.2, 0) is 25.6 Å². The largest absolute Gasteiger partial charge is 0.482 e. The zero-order chi connectivity index (χ0) is 24.9. The molecular formula is C27H27FN2O5. The van der Waals surface area contributed by atoms with E-state index >= 15 is 0 Å². The highest BCUT2D eigenvalue weighted by Gasteiger charge is 2.39. The summed E-state index contributed by atoms with van der Waals surface area (Å²) in [4.78, 5) is 26.7. The second-order valence-electron chi connectivity index (χ2n) is 9.61. The lowest BCUT2D eigenvalue weighted by Crippen LogP contribution is -2.36. The SMILES string of the molecule is COC(=O)C1CC(O)CN1Cc1ccc(C2=C/C(=C3\C(=O)Nc4cc(F)ccc43)OC2(C)C)cc1. The van der Waals surface area contributed by atoms with Crippen molar-refractivity contribution in [1.29, 1.82) is 0 Å². The number of nitrogens with one attached hydrogen (secondary N) is 1. The van der Waals surface area contributed by atoms with E-state index in [0.29, 0.717) is 42.1 Å². The summed E-state index contributed by atoms with van der Waals surface area (Å²) < 4.78 is 24.7. The minimum atomic E-state index is -0.679. The van der Waals surface area contributed by atoms with Crippen molar-refractivity contribution in [3.63, 3.8) is 0 Å². The number of halogens is 1. The summed E-state index contributed by atoms with van der Waals surface area (Å²) >= 11 is 0. The number of aliphatic hydroxyl groups is 1. The van der Waals surface area contributed by atoms with E-state index < -0.39 is 23.6 Å². The Bertz CT molecular complexity index is 1260. The van der Waals surface area contributed by atoms with Crippen molar-refractivity contribution in [3.05, 3.63) is 76.8 Å². The zero-order valence-corrected chi connectivity index (χ0v) is 19.8. The number of aliphatic hydroxyl groups excluding tert-OH is 1. The number of esters is 1. The van der Waals surface area contributed by atoms with Crippen molar-refractivity contribution in [3.8, 4) is 0 Å². The monoisotopic (exact) mass is 478 g/mol. The number of nitrogens with zero attached hydrogens (tertiary/aromatic N) is 1. The summed E-state index contributed by atoms with van der Waals surface area (Å²) in [6.45, 7) is 4.80. The van der Waals surface area contributed by atoms with Gasteiger partial charge in [0.15, 0.2) is 0 Å². The van der Waals surface area contributed by atoms with Gasteiger partial charge in [0, 0.05) is 30.6 Å². The van der Waals surface area contributed by atoms with Gasteiger partial charge in [-0.1, -0.05) is 24.3 Å². The molecule has 182 valence electrons. The number of likely N-dealkylation sites (tertiary alicyclic amines) is 1. The van der Waals surface area contributed by atoms with Crippen molar-refractivity contribution in [1.82, 2.24) is 4.90 Å². The summed E-state index contributed by atoms with van der Waals surface area (Å²) in [5, 5.41) is 12.7. The number of methoxy groups -OCH3 is 1. The molecular weight excluding hydrogens is 451 g/mol. The molecule has 0 spiro atoms. The van der Waals surface area contributed by atoms with Gasteiger partial charge in [0.25, 0.3) is 5.91 Å². The Morgan fingerprint density at radius 1 is 1.26 bits per heavy atom. The molecule has 1 saturated heterocycles. The third-order valence-corrected chi connectivity index (χ3v) is 6.77. The number of ether oxygens (including phenoxy) is 2. The first-order chi connectivity index (χ1) is 16.7. The fraction of sp³-hybridized carbons (Fsp3) is 0.333. The number of carbonyl (C=O) groups is 2. The van der Waals surface area contributed by atoms with Gasteiger partial charge in [-0.15, -0.1) is 0 Å². The number of amides is 1. The van der Waals surface area contributed by atoms with E-state index in [2.05, 4.69) is 5.32 Å². The summed E-state index contributed by atoms with van der Waals surface area (Å²) in [7, 11) is 1.36. The van der Waals surface area contributed by atoms with Crippen LogP contribution in [0.15, 0.2) is 54.3 Å². The van der Waals surface area contributed by atoms with Crippen LogP contribution >= 0.6 is 0 Å². The van der Waals surface area contributed by atoms with Gasteiger partial charge < -0.3 is 19.9 Å². The molecule has 2 N–H and O–H groups in total. The number of fused-ring (bicyclic) bond motifs is 1. The number of carbonyl (C=O) groups excluding carboxylic acids is 2. The first kappa shape index (κ1) is 23.3. The predicted molar refractivity (Wildman–Crippen MR) is 128 cm³/mol. The van der Waals surface area contributed by atoms with Crippen molar-refractivity contribution in [2.45, 2.75) is 44.6 Å².